The van der Waals surface area contributed by atoms with Crippen molar-refractivity contribution >= 4 is 41.2 Å². The number of hydrogen-bond acceptors (Lipinski definition) is 5. The molecule has 26 heavy (non-hydrogen) atoms. The second kappa shape index (κ2) is 10.2. The van der Waals surface area contributed by atoms with E-state index in [2.05, 4.69) is 15.8 Å². The Kier molecular flexibility index (Phi) is 7.70. The third-order valence-electron chi connectivity index (χ3n) is 3.34. The van der Waals surface area contributed by atoms with Gasteiger partial charge >= 0.3 is 0 Å². The summed E-state index contributed by atoms with van der Waals surface area (Å²) in [6.45, 7) is 0. The van der Waals surface area contributed by atoms with E-state index in [1.54, 1.807) is 6.21 Å². The fourth-order valence-corrected chi connectivity index (χ4v) is 2.63. The number of benzene rings is 2. The quantitative estimate of drug-likeness (QED) is 0.553. The molecule has 2 aromatic rings. The van der Waals surface area contributed by atoms with Crippen molar-refractivity contribution in [1.29, 1.82) is 0 Å². The SMILES string of the molecule is CN(C)c1ccc(/C=N/NC(=O)CSCC(=O)Nc2ccccc2)cc1. The molecule has 136 valence electrons. The Morgan fingerprint density at radius 2 is 1.65 bits per heavy atom. The van der Waals surface area contributed by atoms with Gasteiger partial charge in [-0.15, -0.1) is 11.8 Å². The van der Waals surface area contributed by atoms with Crippen molar-refractivity contribution in [2.45, 2.75) is 0 Å². The molecule has 0 aliphatic heterocycles. The van der Waals surface area contributed by atoms with Crippen molar-refractivity contribution < 1.29 is 9.59 Å². The smallest absolute Gasteiger partial charge is 0.250 e. The predicted molar refractivity (Wildman–Crippen MR) is 109 cm³/mol. The molecule has 0 radical (unpaired) electrons. The summed E-state index contributed by atoms with van der Waals surface area (Å²) in [5, 5.41) is 6.70. The Labute approximate surface area is 157 Å². The fraction of sp³-hybridized carbons (Fsp3) is 0.211. The average Bonchev–Trinajstić information content (AvgIpc) is 2.63. The molecule has 0 aliphatic rings. The second-order valence-corrected chi connectivity index (χ2v) is 6.67. The lowest BCUT2D eigenvalue weighted by Gasteiger charge is -2.11. The van der Waals surface area contributed by atoms with Crippen LogP contribution < -0.4 is 15.6 Å². The van der Waals surface area contributed by atoms with Crippen molar-refractivity contribution in [3.63, 3.8) is 0 Å². The summed E-state index contributed by atoms with van der Waals surface area (Å²) in [6, 6.07) is 17.0. The van der Waals surface area contributed by atoms with Gasteiger partial charge in [0, 0.05) is 25.5 Å². The topological polar surface area (TPSA) is 73.8 Å². The summed E-state index contributed by atoms with van der Waals surface area (Å²) in [5.41, 5.74) is 5.19. The number of hydrogen-bond donors (Lipinski definition) is 2. The van der Waals surface area contributed by atoms with Crippen LogP contribution in [0.2, 0.25) is 0 Å². The highest BCUT2D eigenvalue weighted by Crippen LogP contribution is 2.11. The maximum absolute atomic E-state index is 11.8. The maximum atomic E-state index is 11.8. The molecule has 6 nitrogen and oxygen atoms in total. The Bertz CT molecular complexity index is 746. The standard InChI is InChI=1S/C19H22N4O2S/c1-23(2)17-10-8-15(9-11-17)12-20-22-19(25)14-26-13-18(24)21-16-6-4-3-5-7-16/h3-12H,13-14H2,1-2H3,(H,21,24)(H,22,25)/b20-12+. The van der Waals surface area contributed by atoms with Crippen molar-refractivity contribution in [2.24, 2.45) is 5.10 Å². The van der Waals surface area contributed by atoms with E-state index in [0.29, 0.717) is 0 Å². The van der Waals surface area contributed by atoms with Gasteiger partial charge in [-0.3, -0.25) is 9.59 Å². The number of amides is 2. The van der Waals surface area contributed by atoms with Gasteiger partial charge < -0.3 is 10.2 Å². The molecule has 0 heterocycles. The zero-order valence-corrected chi connectivity index (χ0v) is 15.6. The molecule has 2 amide bonds. The van der Waals surface area contributed by atoms with Gasteiger partial charge in [0.15, 0.2) is 0 Å². The third kappa shape index (κ3) is 6.98. The first-order valence-electron chi connectivity index (χ1n) is 8.06. The van der Waals surface area contributed by atoms with E-state index in [1.165, 1.54) is 11.8 Å². The molecule has 0 bridgehead atoms. The Hall–Kier alpha value is -2.80. The maximum Gasteiger partial charge on any atom is 0.250 e. The molecule has 7 heteroatoms. The predicted octanol–water partition coefficient (Wildman–Crippen LogP) is 2.57. The highest BCUT2D eigenvalue weighted by Gasteiger charge is 2.05. The van der Waals surface area contributed by atoms with Gasteiger partial charge in [-0.1, -0.05) is 30.3 Å². The van der Waals surface area contributed by atoms with Crippen LogP contribution in [0.4, 0.5) is 11.4 Å². The average molecular weight is 370 g/mol. The Balaban J connectivity index is 1.66. The molecular weight excluding hydrogens is 348 g/mol. The van der Waals surface area contributed by atoms with Crippen LogP contribution in [0.1, 0.15) is 5.56 Å². The van der Waals surface area contributed by atoms with E-state index in [9.17, 15) is 9.59 Å². The van der Waals surface area contributed by atoms with Gasteiger partial charge in [0.25, 0.3) is 0 Å². The molecule has 0 saturated heterocycles. The molecule has 0 fully saturated rings. The van der Waals surface area contributed by atoms with Gasteiger partial charge in [-0.25, -0.2) is 5.43 Å². The molecule has 0 atom stereocenters. The molecule has 0 aliphatic carbocycles. The van der Waals surface area contributed by atoms with E-state index in [-0.39, 0.29) is 23.3 Å². The Morgan fingerprint density at radius 1 is 1.00 bits per heavy atom. The van der Waals surface area contributed by atoms with Crippen LogP contribution in [0.5, 0.6) is 0 Å². The van der Waals surface area contributed by atoms with Crippen LogP contribution in [0.15, 0.2) is 59.7 Å². The number of thioether (sulfide) groups is 1. The fourth-order valence-electron chi connectivity index (χ4n) is 2.02. The number of carbonyl (C=O) groups excluding carboxylic acids is 2. The summed E-state index contributed by atoms with van der Waals surface area (Å²) >= 11 is 1.24. The van der Waals surface area contributed by atoms with E-state index >= 15 is 0 Å². The number of rotatable bonds is 8. The molecule has 2 N–H and O–H groups in total. The second-order valence-electron chi connectivity index (χ2n) is 5.69. The molecule has 0 spiro atoms. The molecular formula is C19H22N4O2S. The minimum Gasteiger partial charge on any atom is -0.378 e. The van der Waals surface area contributed by atoms with Gasteiger partial charge in [-0.2, -0.15) is 5.10 Å². The van der Waals surface area contributed by atoms with Crippen LogP contribution in [0.25, 0.3) is 0 Å². The van der Waals surface area contributed by atoms with Gasteiger partial charge in [0.05, 0.1) is 17.7 Å². The lowest BCUT2D eigenvalue weighted by molar-refractivity contribution is -0.118. The summed E-state index contributed by atoms with van der Waals surface area (Å²) < 4.78 is 0. The van der Waals surface area contributed by atoms with Crippen molar-refractivity contribution in [3.8, 4) is 0 Å². The van der Waals surface area contributed by atoms with Crippen LogP contribution in [0, 0.1) is 0 Å². The first-order chi connectivity index (χ1) is 12.5. The van der Waals surface area contributed by atoms with E-state index in [4.69, 9.17) is 0 Å². The van der Waals surface area contributed by atoms with Gasteiger partial charge in [-0.05, 0) is 29.8 Å². The number of para-hydroxylation sites is 1. The normalized spacial score (nSPS) is 10.5. The molecule has 0 unspecified atom stereocenters. The number of hydrazone groups is 1. The highest BCUT2D eigenvalue weighted by atomic mass is 32.2. The minimum absolute atomic E-state index is 0.140. The number of nitrogens with zero attached hydrogens (tertiary/aromatic N) is 2. The number of nitrogens with one attached hydrogen (secondary N) is 2. The van der Waals surface area contributed by atoms with E-state index < -0.39 is 0 Å². The van der Waals surface area contributed by atoms with Crippen LogP contribution in [0.3, 0.4) is 0 Å². The van der Waals surface area contributed by atoms with E-state index in [0.717, 1.165) is 16.9 Å². The summed E-state index contributed by atoms with van der Waals surface area (Å²) in [7, 11) is 3.95. The number of carbonyl (C=O) groups is 2. The molecule has 2 aromatic carbocycles. The van der Waals surface area contributed by atoms with Crippen LogP contribution in [-0.2, 0) is 9.59 Å². The largest absolute Gasteiger partial charge is 0.378 e. The molecule has 2 rings (SSSR count). The van der Waals surface area contributed by atoms with Crippen molar-refractivity contribution in [3.05, 3.63) is 60.2 Å². The van der Waals surface area contributed by atoms with Gasteiger partial charge in [0.2, 0.25) is 11.8 Å². The summed E-state index contributed by atoms with van der Waals surface area (Å²) in [6.07, 6.45) is 1.59. The third-order valence-corrected chi connectivity index (χ3v) is 4.27. The number of anilines is 2. The highest BCUT2D eigenvalue weighted by molar-refractivity contribution is 8.00. The van der Waals surface area contributed by atoms with Crippen LogP contribution >= 0.6 is 11.8 Å². The first kappa shape index (κ1) is 19.5. The molecule has 0 aromatic heterocycles. The van der Waals surface area contributed by atoms with Crippen molar-refractivity contribution in [2.75, 3.05) is 35.8 Å². The van der Waals surface area contributed by atoms with Crippen LogP contribution in [-0.4, -0.2) is 43.6 Å². The first-order valence-corrected chi connectivity index (χ1v) is 9.22. The van der Waals surface area contributed by atoms with Gasteiger partial charge in [0.1, 0.15) is 0 Å². The lowest BCUT2D eigenvalue weighted by Crippen LogP contribution is -2.21. The molecule has 0 saturated carbocycles. The zero-order valence-electron chi connectivity index (χ0n) is 14.8. The van der Waals surface area contributed by atoms with E-state index in [1.807, 2.05) is 73.6 Å². The minimum atomic E-state index is -0.247. The van der Waals surface area contributed by atoms with Crippen molar-refractivity contribution in [1.82, 2.24) is 5.43 Å². The summed E-state index contributed by atoms with van der Waals surface area (Å²) in [4.78, 5) is 25.5. The Morgan fingerprint density at radius 3 is 2.31 bits per heavy atom. The summed E-state index contributed by atoms with van der Waals surface area (Å²) in [5.74, 6) is -0.0147. The zero-order chi connectivity index (χ0) is 18.8. The monoisotopic (exact) mass is 370 g/mol. The lowest BCUT2D eigenvalue weighted by atomic mass is 10.2.